The number of carbonyl (C=O) groups excluding carboxylic acids is 1. The molecule has 2 aromatic rings. The molecule has 0 radical (unpaired) electrons. The molecule has 0 aromatic heterocycles. The Hall–Kier alpha value is -2.57. The van der Waals surface area contributed by atoms with Crippen LogP contribution in [0.1, 0.15) is 35.6 Å². The molecule has 6 heteroatoms. The molecule has 2 aromatic carbocycles. The molecule has 1 N–H and O–H groups in total. The maximum Gasteiger partial charge on any atom is 0.233 e. The van der Waals surface area contributed by atoms with Crippen LogP contribution in [0.5, 0.6) is 11.5 Å². The smallest absolute Gasteiger partial charge is 0.233 e. The fraction of sp³-hybridized carbons (Fsp3) is 0.458. The average Bonchev–Trinajstić information content (AvgIpc) is 3.60. The third kappa shape index (κ3) is 3.55. The van der Waals surface area contributed by atoms with Gasteiger partial charge in [-0.2, -0.15) is 0 Å². The molecule has 0 unspecified atom stereocenters. The van der Waals surface area contributed by atoms with E-state index < -0.39 is 11.5 Å². The molecular weight excluding hydrogens is 382 g/mol. The van der Waals surface area contributed by atoms with Crippen molar-refractivity contribution in [3.63, 3.8) is 0 Å². The van der Waals surface area contributed by atoms with Crippen LogP contribution < -0.4 is 9.47 Å². The van der Waals surface area contributed by atoms with E-state index in [0.717, 1.165) is 24.0 Å². The Kier molecular flexibility index (Phi) is 5.71. The van der Waals surface area contributed by atoms with E-state index in [-0.39, 0.29) is 18.6 Å². The Labute approximate surface area is 177 Å². The first-order valence-corrected chi connectivity index (χ1v) is 10.4. The van der Waals surface area contributed by atoms with Crippen LogP contribution in [0.15, 0.2) is 42.5 Å². The number of aliphatic hydroxyl groups excluding tert-OH is 1. The molecule has 4 rings (SSSR count). The second kappa shape index (κ2) is 8.28. The van der Waals surface area contributed by atoms with Crippen molar-refractivity contribution in [2.75, 3.05) is 34.0 Å². The van der Waals surface area contributed by atoms with Gasteiger partial charge in [-0.05, 0) is 43.0 Å². The quantitative estimate of drug-likeness (QED) is 0.792. The van der Waals surface area contributed by atoms with Gasteiger partial charge in [0.25, 0.3) is 0 Å². The standard InChI is InChI=1S/C24H29NO5/c1-16-4-7-18(8-5-16)24(10-11-24)23(27)25-12-13-30-21(15-26)22(25)17-6-9-19(28-2)20(14-17)29-3/h4-9,14,21-22,26H,10-13,15H2,1-3H3/t21-,22-/m1/s1. The van der Waals surface area contributed by atoms with Crippen molar-refractivity contribution in [2.24, 2.45) is 0 Å². The number of aryl methyl sites for hydroxylation is 1. The number of carbonyl (C=O) groups is 1. The van der Waals surface area contributed by atoms with E-state index in [2.05, 4.69) is 24.3 Å². The van der Waals surface area contributed by atoms with Crippen LogP contribution in [-0.4, -0.2) is 56.0 Å². The Morgan fingerprint density at radius 1 is 1.13 bits per heavy atom. The van der Waals surface area contributed by atoms with Gasteiger partial charge in [0.15, 0.2) is 11.5 Å². The number of hydrogen-bond donors (Lipinski definition) is 1. The highest BCUT2D eigenvalue weighted by atomic mass is 16.5. The zero-order valence-corrected chi connectivity index (χ0v) is 17.8. The summed E-state index contributed by atoms with van der Waals surface area (Å²) >= 11 is 0. The predicted molar refractivity (Wildman–Crippen MR) is 113 cm³/mol. The van der Waals surface area contributed by atoms with Crippen molar-refractivity contribution in [1.29, 1.82) is 0 Å². The van der Waals surface area contributed by atoms with Crippen LogP contribution in [0.3, 0.4) is 0 Å². The summed E-state index contributed by atoms with van der Waals surface area (Å²) < 4.78 is 16.7. The summed E-state index contributed by atoms with van der Waals surface area (Å²) in [5, 5.41) is 10.00. The molecule has 160 valence electrons. The van der Waals surface area contributed by atoms with Crippen molar-refractivity contribution in [2.45, 2.75) is 37.3 Å². The minimum Gasteiger partial charge on any atom is -0.493 e. The first-order chi connectivity index (χ1) is 14.5. The van der Waals surface area contributed by atoms with Crippen LogP contribution in [0.25, 0.3) is 0 Å². The number of hydrogen-bond acceptors (Lipinski definition) is 5. The highest BCUT2D eigenvalue weighted by molar-refractivity contribution is 5.91. The molecule has 0 bridgehead atoms. The molecule has 1 aliphatic carbocycles. The summed E-state index contributed by atoms with van der Waals surface area (Å²) in [6.45, 7) is 2.78. The Morgan fingerprint density at radius 2 is 1.83 bits per heavy atom. The van der Waals surface area contributed by atoms with E-state index in [1.165, 1.54) is 5.56 Å². The van der Waals surface area contributed by atoms with Gasteiger partial charge in [-0.25, -0.2) is 0 Å². The average molecular weight is 411 g/mol. The van der Waals surface area contributed by atoms with Crippen LogP contribution in [0, 0.1) is 6.92 Å². The fourth-order valence-corrected chi connectivity index (χ4v) is 4.44. The number of methoxy groups -OCH3 is 2. The maximum absolute atomic E-state index is 13.8. The Balaban J connectivity index is 1.70. The summed E-state index contributed by atoms with van der Waals surface area (Å²) in [5.41, 5.74) is 2.63. The zero-order chi connectivity index (χ0) is 21.3. The van der Waals surface area contributed by atoms with Crippen molar-refractivity contribution in [3.05, 3.63) is 59.2 Å². The zero-order valence-electron chi connectivity index (χ0n) is 17.8. The van der Waals surface area contributed by atoms with Gasteiger partial charge in [0.2, 0.25) is 5.91 Å². The number of ether oxygens (including phenoxy) is 3. The van der Waals surface area contributed by atoms with Gasteiger partial charge in [-0.3, -0.25) is 4.79 Å². The number of amides is 1. The van der Waals surface area contributed by atoms with E-state index in [4.69, 9.17) is 14.2 Å². The first-order valence-electron chi connectivity index (χ1n) is 10.4. The van der Waals surface area contributed by atoms with Gasteiger partial charge in [0, 0.05) is 6.54 Å². The summed E-state index contributed by atoms with van der Waals surface area (Å²) in [6, 6.07) is 13.5. The second-order valence-electron chi connectivity index (χ2n) is 8.10. The van der Waals surface area contributed by atoms with Gasteiger partial charge in [-0.15, -0.1) is 0 Å². The van der Waals surface area contributed by atoms with E-state index in [1.54, 1.807) is 14.2 Å². The van der Waals surface area contributed by atoms with Gasteiger partial charge >= 0.3 is 0 Å². The molecule has 2 aliphatic rings. The number of aliphatic hydroxyl groups is 1. The van der Waals surface area contributed by atoms with Crippen molar-refractivity contribution in [1.82, 2.24) is 4.90 Å². The topological polar surface area (TPSA) is 68.2 Å². The predicted octanol–water partition coefficient (Wildman–Crippen LogP) is 3.00. The number of morpholine rings is 1. The van der Waals surface area contributed by atoms with E-state index >= 15 is 0 Å². The monoisotopic (exact) mass is 411 g/mol. The minimum absolute atomic E-state index is 0.105. The molecule has 1 saturated heterocycles. The molecule has 2 fully saturated rings. The summed E-state index contributed by atoms with van der Waals surface area (Å²) in [4.78, 5) is 15.7. The number of nitrogens with zero attached hydrogens (tertiary/aromatic N) is 1. The number of benzene rings is 2. The molecule has 6 nitrogen and oxygen atoms in total. The van der Waals surface area contributed by atoms with Crippen LogP contribution in [0.2, 0.25) is 0 Å². The molecule has 1 aliphatic heterocycles. The van der Waals surface area contributed by atoms with E-state index in [0.29, 0.717) is 24.7 Å². The van der Waals surface area contributed by atoms with Crippen molar-refractivity contribution in [3.8, 4) is 11.5 Å². The molecule has 1 amide bonds. The number of rotatable bonds is 6. The fourth-order valence-electron chi connectivity index (χ4n) is 4.44. The SMILES string of the molecule is COc1ccc([C@@H]2[C@@H](CO)OCCN2C(=O)C2(c3ccc(C)cc3)CC2)cc1OC. The summed E-state index contributed by atoms with van der Waals surface area (Å²) in [7, 11) is 3.17. The van der Waals surface area contributed by atoms with Gasteiger partial charge < -0.3 is 24.2 Å². The molecule has 30 heavy (non-hydrogen) atoms. The lowest BCUT2D eigenvalue weighted by atomic mass is 9.90. The van der Waals surface area contributed by atoms with Gasteiger partial charge in [0.1, 0.15) is 6.10 Å². The minimum atomic E-state index is -0.491. The van der Waals surface area contributed by atoms with Gasteiger partial charge in [0.05, 0.1) is 38.9 Å². The lowest BCUT2D eigenvalue weighted by molar-refractivity contribution is -0.152. The normalized spacial score (nSPS) is 22.5. The molecule has 2 atom stereocenters. The Bertz CT molecular complexity index is 906. The summed E-state index contributed by atoms with van der Waals surface area (Å²) in [5.74, 6) is 1.31. The van der Waals surface area contributed by atoms with Gasteiger partial charge in [-0.1, -0.05) is 35.9 Å². The van der Waals surface area contributed by atoms with Crippen molar-refractivity contribution < 1.29 is 24.1 Å². The Morgan fingerprint density at radius 3 is 2.43 bits per heavy atom. The maximum atomic E-state index is 13.8. The largest absolute Gasteiger partial charge is 0.493 e. The summed E-state index contributed by atoms with van der Waals surface area (Å²) in [6.07, 6.45) is 1.19. The lowest BCUT2D eigenvalue weighted by Crippen LogP contribution is -2.52. The second-order valence-corrected chi connectivity index (χ2v) is 8.10. The van der Waals surface area contributed by atoms with Crippen LogP contribution in [0.4, 0.5) is 0 Å². The molecule has 1 saturated carbocycles. The lowest BCUT2D eigenvalue weighted by Gasteiger charge is -2.42. The first kappa shape index (κ1) is 20.7. The van der Waals surface area contributed by atoms with E-state index in [9.17, 15) is 9.90 Å². The van der Waals surface area contributed by atoms with Crippen LogP contribution in [-0.2, 0) is 14.9 Å². The van der Waals surface area contributed by atoms with E-state index in [1.807, 2.05) is 30.0 Å². The molecule has 0 spiro atoms. The molecule has 1 heterocycles. The molecular formula is C24H29NO5. The highest BCUT2D eigenvalue weighted by Gasteiger charge is 2.55. The highest BCUT2D eigenvalue weighted by Crippen LogP contribution is 2.51. The third-order valence-electron chi connectivity index (χ3n) is 6.31. The van der Waals surface area contributed by atoms with Crippen molar-refractivity contribution >= 4 is 5.91 Å². The van der Waals surface area contributed by atoms with Crippen LogP contribution >= 0.6 is 0 Å². The third-order valence-corrected chi connectivity index (χ3v) is 6.31.